The van der Waals surface area contributed by atoms with Crippen molar-refractivity contribution in [1.82, 2.24) is 9.97 Å². The number of allylic oxidation sites excluding steroid dienone is 2. The van der Waals surface area contributed by atoms with E-state index < -0.39 is 6.85 Å². The van der Waals surface area contributed by atoms with Crippen LogP contribution in [0, 0.1) is 38.6 Å². The third-order valence-corrected chi connectivity index (χ3v) is 8.87. The number of furan rings is 1. The van der Waals surface area contributed by atoms with Gasteiger partial charge in [0, 0.05) is 74.7 Å². The molecule has 0 aliphatic rings. The van der Waals surface area contributed by atoms with Crippen molar-refractivity contribution in [1.29, 1.82) is 0 Å². The number of carbonyl (C=O) groups excluding carboxylic acids is 1. The maximum absolute atomic E-state index is 11.7. The van der Waals surface area contributed by atoms with Crippen molar-refractivity contribution in [3.05, 3.63) is 70.6 Å². The van der Waals surface area contributed by atoms with Gasteiger partial charge in [0.05, 0.1) is 11.3 Å². The van der Waals surface area contributed by atoms with Crippen molar-refractivity contribution >= 4 is 49.3 Å². The Kier molecular flexibility index (Phi) is 9.89. The van der Waals surface area contributed by atoms with Crippen LogP contribution in [0.5, 0.6) is 0 Å². The first kappa shape index (κ1) is 28.3. The summed E-state index contributed by atoms with van der Waals surface area (Å²) in [6, 6.07) is 12.3. The summed E-state index contributed by atoms with van der Waals surface area (Å²) in [5, 5.41) is 12.5. The van der Waals surface area contributed by atoms with Gasteiger partial charge in [-0.3, -0.25) is 4.79 Å². The van der Waals surface area contributed by atoms with Gasteiger partial charge in [-0.15, -0.1) is 29.5 Å². The van der Waals surface area contributed by atoms with E-state index in [1.165, 1.54) is 27.3 Å². The molecule has 7 heteroatoms. The van der Waals surface area contributed by atoms with Gasteiger partial charge in [0.2, 0.25) is 5.71 Å². The standard InChI is InChI=1S/C21H15N2OS.C13H24O2.Ir/c1-11-7-8-15-14-5-4-6-16(20(14)24-21(15)23-11)19-18-12(2)13(3)25-17(18)9-10-22-19;1-5-10(6-2)12(14)9-13(15)11(7-3)8-4;/h4-5,7-10H,1-3H3;9-11,14H,5-8H2,1-4H3;/q-1;;/b;12-9-;/i1D3;;. The van der Waals surface area contributed by atoms with Crippen LogP contribution in [0.1, 0.15) is 73.6 Å². The van der Waals surface area contributed by atoms with Gasteiger partial charge in [-0.05, 0) is 75.5 Å². The SMILES string of the molecule is CCC(CC)C(=O)/C=C(\O)C(CC)CC.[2H]C([2H])([2H])c1ccc2c(n1)oc1c(-c3nccc4sc(C)c(C)c34)[c-]ccc12.[Ir]. The Labute approximate surface area is 264 Å². The molecule has 5 nitrogen and oxygen atoms in total. The number of hydrogen-bond acceptors (Lipinski definition) is 6. The van der Waals surface area contributed by atoms with Crippen molar-refractivity contribution in [3.63, 3.8) is 0 Å². The molecular weight excluding hydrogens is 709 g/mol. The van der Waals surface area contributed by atoms with Crippen molar-refractivity contribution in [2.45, 2.75) is 74.1 Å². The van der Waals surface area contributed by atoms with Gasteiger partial charge in [-0.2, -0.15) is 0 Å². The number of thiophene rings is 1. The second-order valence-electron chi connectivity index (χ2n) is 10.1. The van der Waals surface area contributed by atoms with E-state index in [0.29, 0.717) is 11.3 Å². The van der Waals surface area contributed by atoms with Crippen LogP contribution in [0.15, 0.2) is 52.8 Å². The van der Waals surface area contributed by atoms with Gasteiger partial charge in [-0.25, -0.2) is 4.98 Å². The maximum Gasteiger partial charge on any atom is 0.216 e. The molecule has 0 unspecified atom stereocenters. The molecule has 0 saturated carbocycles. The number of aromatic nitrogens is 2. The zero-order valence-corrected chi connectivity index (χ0v) is 27.6. The summed E-state index contributed by atoms with van der Waals surface area (Å²) < 4.78 is 30.0. The summed E-state index contributed by atoms with van der Waals surface area (Å²) in [5.41, 5.74) is 3.74. The number of pyridine rings is 2. The smallest absolute Gasteiger partial charge is 0.216 e. The van der Waals surface area contributed by atoms with Crippen LogP contribution in [-0.4, -0.2) is 20.9 Å². The molecule has 219 valence electrons. The molecule has 1 N–H and O–H groups in total. The molecule has 1 radical (unpaired) electrons. The van der Waals surface area contributed by atoms with Crippen molar-refractivity contribution in [2.75, 3.05) is 0 Å². The van der Waals surface area contributed by atoms with Crippen LogP contribution in [0.3, 0.4) is 0 Å². The molecule has 0 spiro atoms. The minimum Gasteiger partial charge on any atom is -0.512 e. The Morgan fingerprint density at radius 3 is 2.44 bits per heavy atom. The first-order valence-corrected chi connectivity index (χ1v) is 14.8. The molecule has 5 rings (SSSR count). The summed E-state index contributed by atoms with van der Waals surface area (Å²) in [5.74, 6) is 0.547. The average molecular weight is 751 g/mol. The molecule has 0 fully saturated rings. The first-order chi connectivity index (χ1) is 20.4. The molecule has 0 aliphatic carbocycles. The number of nitrogens with zero attached hydrogens (tertiary/aromatic N) is 2. The molecular formula is C34H39IrN2O3S-. The third kappa shape index (κ3) is 6.80. The number of rotatable bonds is 8. The van der Waals surface area contributed by atoms with E-state index in [9.17, 15) is 9.90 Å². The van der Waals surface area contributed by atoms with Crippen LogP contribution in [-0.2, 0) is 24.9 Å². The van der Waals surface area contributed by atoms with Gasteiger partial charge in [-0.1, -0.05) is 38.6 Å². The fraction of sp³-hybridized carbons (Fsp3) is 0.382. The van der Waals surface area contributed by atoms with E-state index in [0.717, 1.165) is 53.1 Å². The van der Waals surface area contributed by atoms with Crippen molar-refractivity contribution < 1.29 is 38.5 Å². The largest absolute Gasteiger partial charge is 0.512 e. The predicted octanol–water partition coefficient (Wildman–Crippen LogP) is 9.85. The molecule has 4 heterocycles. The zero-order chi connectivity index (χ0) is 31.5. The van der Waals surface area contributed by atoms with Crippen LogP contribution < -0.4 is 0 Å². The number of aliphatic hydroxyl groups excluding tert-OH is 1. The van der Waals surface area contributed by atoms with Gasteiger partial charge < -0.3 is 14.5 Å². The summed E-state index contributed by atoms with van der Waals surface area (Å²) in [6.07, 6.45) is 6.71. The molecule has 0 amide bonds. The number of benzene rings is 1. The van der Waals surface area contributed by atoms with E-state index in [1.54, 1.807) is 23.6 Å². The first-order valence-electron chi connectivity index (χ1n) is 15.5. The van der Waals surface area contributed by atoms with E-state index in [1.807, 2.05) is 45.9 Å². The Morgan fingerprint density at radius 1 is 1.07 bits per heavy atom. The van der Waals surface area contributed by atoms with Gasteiger partial charge in [0.25, 0.3) is 0 Å². The molecule has 1 aromatic carbocycles. The number of ketones is 1. The van der Waals surface area contributed by atoms with Crippen LogP contribution in [0.2, 0.25) is 0 Å². The van der Waals surface area contributed by atoms with Gasteiger partial charge in [0.15, 0.2) is 5.78 Å². The summed E-state index contributed by atoms with van der Waals surface area (Å²) in [6.45, 7) is 10.0. The monoisotopic (exact) mass is 751 g/mol. The Bertz CT molecular complexity index is 1780. The molecule has 0 atom stereocenters. The van der Waals surface area contributed by atoms with E-state index >= 15 is 0 Å². The minimum absolute atomic E-state index is 0. The minimum atomic E-state index is -2.28. The summed E-state index contributed by atoms with van der Waals surface area (Å²) >= 11 is 1.74. The van der Waals surface area contributed by atoms with Gasteiger partial charge in [0.1, 0.15) is 0 Å². The fourth-order valence-corrected chi connectivity index (χ4v) is 6.14. The van der Waals surface area contributed by atoms with Crippen LogP contribution >= 0.6 is 11.3 Å². The zero-order valence-electron chi connectivity index (χ0n) is 27.4. The molecule has 5 aromatic rings. The van der Waals surface area contributed by atoms with Crippen LogP contribution in [0.4, 0.5) is 0 Å². The number of hydrogen-bond donors (Lipinski definition) is 1. The maximum atomic E-state index is 11.7. The summed E-state index contributed by atoms with van der Waals surface area (Å²) in [7, 11) is 0. The van der Waals surface area contributed by atoms with Crippen LogP contribution in [0.25, 0.3) is 43.4 Å². The number of fused-ring (bicyclic) bond motifs is 4. The Hall–Kier alpha value is -2.86. The number of carbonyl (C=O) groups is 1. The average Bonchev–Trinajstić information content (AvgIpc) is 3.50. The quantitative estimate of drug-likeness (QED) is 0.0971. The van der Waals surface area contributed by atoms with E-state index in [-0.39, 0.29) is 49.2 Å². The normalized spacial score (nSPS) is 13.2. The fourth-order valence-electron chi connectivity index (χ4n) is 5.08. The topological polar surface area (TPSA) is 76.2 Å². The van der Waals surface area contributed by atoms with Gasteiger partial charge >= 0.3 is 0 Å². The molecule has 0 bridgehead atoms. The second kappa shape index (κ2) is 14.4. The van der Waals surface area contributed by atoms with E-state index in [4.69, 9.17) is 8.53 Å². The molecule has 0 saturated heterocycles. The molecule has 0 aliphatic heterocycles. The Balaban J connectivity index is 0.000000286. The summed E-state index contributed by atoms with van der Waals surface area (Å²) in [4.78, 5) is 21.8. The van der Waals surface area contributed by atoms with Crippen molar-refractivity contribution in [3.8, 4) is 11.3 Å². The van der Waals surface area contributed by atoms with E-state index in [2.05, 4.69) is 29.9 Å². The third-order valence-electron chi connectivity index (χ3n) is 7.70. The Morgan fingerprint density at radius 2 is 1.78 bits per heavy atom. The number of aryl methyl sites for hydroxylation is 3. The number of aliphatic hydroxyl groups is 1. The van der Waals surface area contributed by atoms with Crippen molar-refractivity contribution in [2.24, 2.45) is 11.8 Å². The molecule has 4 aromatic heterocycles. The molecule has 41 heavy (non-hydrogen) atoms. The second-order valence-corrected chi connectivity index (χ2v) is 11.3. The predicted molar refractivity (Wildman–Crippen MR) is 167 cm³/mol.